The molecule has 1 N–H and O–H groups in total. The Labute approximate surface area is 97.8 Å². The minimum absolute atomic E-state index is 0.661. The summed E-state index contributed by atoms with van der Waals surface area (Å²) in [5, 5.41) is 3.57. The van der Waals surface area contributed by atoms with Crippen LogP contribution >= 0.6 is 0 Å². The van der Waals surface area contributed by atoms with Crippen molar-refractivity contribution >= 4 is 0 Å². The van der Waals surface area contributed by atoms with Crippen molar-refractivity contribution in [3.05, 3.63) is 23.7 Å². The summed E-state index contributed by atoms with van der Waals surface area (Å²) < 4.78 is 5.46. The van der Waals surface area contributed by atoms with Gasteiger partial charge in [-0.15, -0.1) is 0 Å². The standard InChI is InChI=1S/C13H22N2O/c1-11-6-8-16-13(11)10-15(2)9-12-5-3-4-7-14-12/h6,8,12,14H,3-5,7,9-10H2,1-2H3. The molecule has 1 fully saturated rings. The van der Waals surface area contributed by atoms with Crippen molar-refractivity contribution in [1.82, 2.24) is 10.2 Å². The summed E-state index contributed by atoms with van der Waals surface area (Å²) in [6.07, 6.45) is 5.78. The third-order valence-electron chi connectivity index (χ3n) is 3.33. The van der Waals surface area contributed by atoms with Gasteiger partial charge in [-0.2, -0.15) is 0 Å². The van der Waals surface area contributed by atoms with Crippen LogP contribution in [0.5, 0.6) is 0 Å². The molecule has 0 radical (unpaired) electrons. The molecular weight excluding hydrogens is 200 g/mol. The van der Waals surface area contributed by atoms with Crippen molar-refractivity contribution < 1.29 is 4.42 Å². The molecule has 90 valence electrons. The fraction of sp³-hybridized carbons (Fsp3) is 0.692. The minimum Gasteiger partial charge on any atom is -0.468 e. The molecule has 1 aliphatic heterocycles. The highest BCUT2D eigenvalue weighted by Gasteiger charge is 2.15. The van der Waals surface area contributed by atoms with E-state index >= 15 is 0 Å². The van der Waals surface area contributed by atoms with E-state index in [9.17, 15) is 0 Å². The normalized spacial score (nSPS) is 21.6. The zero-order chi connectivity index (χ0) is 11.4. The van der Waals surface area contributed by atoms with Gasteiger partial charge in [-0.25, -0.2) is 0 Å². The Morgan fingerprint density at radius 1 is 1.50 bits per heavy atom. The summed E-state index contributed by atoms with van der Waals surface area (Å²) in [5.74, 6) is 1.10. The van der Waals surface area contributed by atoms with E-state index in [0.29, 0.717) is 6.04 Å². The van der Waals surface area contributed by atoms with Crippen LogP contribution in [0.4, 0.5) is 0 Å². The molecule has 0 bridgehead atoms. The van der Waals surface area contributed by atoms with Crippen molar-refractivity contribution in [2.24, 2.45) is 0 Å². The summed E-state index contributed by atoms with van der Waals surface area (Å²) in [5.41, 5.74) is 1.25. The summed E-state index contributed by atoms with van der Waals surface area (Å²) >= 11 is 0. The van der Waals surface area contributed by atoms with E-state index in [2.05, 4.69) is 24.2 Å². The summed E-state index contributed by atoms with van der Waals surface area (Å²) in [7, 11) is 2.16. The van der Waals surface area contributed by atoms with Crippen molar-refractivity contribution in [3.63, 3.8) is 0 Å². The Balaban J connectivity index is 1.79. The molecule has 2 heterocycles. The van der Waals surface area contributed by atoms with Gasteiger partial charge >= 0.3 is 0 Å². The molecule has 2 rings (SSSR count). The van der Waals surface area contributed by atoms with E-state index in [-0.39, 0.29) is 0 Å². The van der Waals surface area contributed by atoms with Gasteiger partial charge in [0.2, 0.25) is 0 Å². The van der Waals surface area contributed by atoms with E-state index in [0.717, 1.165) is 18.8 Å². The molecule has 0 amide bonds. The molecule has 3 heteroatoms. The van der Waals surface area contributed by atoms with Gasteiger partial charge in [0, 0.05) is 12.6 Å². The number of nitrogens with zero attached hydrogens (tertiary/aromatic N) is 1. The highest BCUT2D eigenvalue weighted by molar-refractivity contribution is 5.14. The first-order valence-electron chi connectivity index (χ1n) is 6.20. The molecule has 1 aliphatic rings. The van der Waals surface area contributed by atoms with Crippen LogP contribution < -0.4 is 5.32 Å². The van der Waals surface area contributed by atoms with Gasteiger partial charge in [-0.3, -0.25) is 4.90 Å². The molecule has 16 heavy (non-hydrogen) atoms. The summed E-state index contributed by atoms with van der Waals surface area (Å²) in [6, 6.07) is 2.69. The number of hydrogen-bond acceptors (Lipinski definition) is 3. The van der Waals surface area contributed by atoms with Crippen LogP contribution in [0.1, 0.15) is 30.6 Å². The molecule has 1 unspecified atom stereocenters. The molecule has 1 aromatic heterocycles. The molecule has 3 nitrogen and oxygen atoms in total. The molecule has 0 saturated carbocycles. The second-order valence-corrected chi connectivity index (χ2v) is 4.87. The molecule has 1 atom stereocenters. The van der Waals surface area contributed by atoms with Gasteiger partial charge in [0.15, 0.2) is 0 Å². The number of rotatable bonds is 4. The van der Waals surface area contributed by atoms with Crippen LogP contribution in [0.15, 0.2) is 16.7 Å². The third-order valence-corrected chi connectivity index (χ3v) is 3.33. The predicted octanol–water partition coefficient (Wildman–Crippen LogP) is 2.16. The van der Waals surface area contributed by atoms with Crippen molar-refractivity contribution in [1.29, 1.82) is 0 Å². The number of nitrogens with one attached hydrogen (secondary N) is 1. The Kier molecular flexibility index (Phi) is 4.02. The van der Waals surface area contributed by atoms with E-state index < -0.39 is 0 Å². The monoisotopic (exact) mass is 222 g/mol. The van der Waals surface area contributed by atoms with Gasteiger partial charge in [-0.05, 0) is 45.0 Å². The van der Waals surface area contributed by atoms with Gasteiger partial charge in [0.25, 0.3) is 0 Å². The summed E-state index contributed by atoms with van der Waals surface area (Å²) in [4.78, 5) is 2.34. The second-order valence-electron chi connectivity index (χ2n) is 4.87. The fourth-order valence-electron chi connectivity index (χ4n) is 2.33. The average molecular weight is 222 g/mol. The number of furan rings is 1. The van der Waals surface area contributed by atoms with Gasteiger partial charge in [0.05, 0.1) is 12.8 Å². The summed E-state index contributed by atoms with van der Waals surface area (Å²) in [6.45, 7) is 5.31. The lowest BCUT2D eigenvalue weighted by Gasteiger charge is -2.27. The lowest BCUT2D eigenvalue weighted by Crippen LogP contribution is -2.42. The number of aryl methyl sites for hydroxylation is 1. The Morgan fingerprint density at radius 2 is 2.38 bits per heavy atom. The van der Waals surface area contributed by atoms with Crippen LogP contribution in [0.3, 0.4) is 0 Å². The first kappa shape index (κ1) is 11.7. The largest absolute Gasteiger partial charge is 0.468 e. The fourth-order valence-corrected chi connectivity index (χ4v) is 2.33. The van der Waals surface area contributed by atoms with Crippen molar-refractivity contribution in [2.45, 2.75) is 38.8 Å². The van der Waals surface area contributed by atoms with Crippen molar-refractivity contribution in [2.75, 3.05) is 20.1 Å². The van der Waals surface area contributed by atoms with Crippen LogP contribution in [0.2, 0.25) is 0 Å². The maximum atomic E-state index is 5.46. The zero-order valence-corrected chi connectivity index (χ0v) is 10.3. The van der Waals surface area contributed by atoms with Gasteiger partial charge < -0.3 is 9.73 Å². The maximum Gasteiger partial charge on any atom is 0.120 e. The SMILES string of the molecule is Cc1ccoc1CN(C)CC1CCCCN1. The maximum absolute atomic E-state index is 5.46. The number of hydrogen-bond donors (Lipinski definition) is 1. The smallest absolute Gasteiger partial charge is 0.120 e. The quantitative estimate of drug-likeness (QED) is 0.846. The Morgan fingerprint density at radius 3 is 3.00 bits per heavy atom. The van der Waals surface area contributed by atoms with E-state index in [1.165, 1.54) is 31.4 Å². The van der Waals surface area contributed by atoms with Crippen LogP contribution in [-0.2, 0) is 6.54 Å². The lowest BCUT2D eigenvalue weighted by molar-refractivity contribution is 0.240. The van der Waals surface area contributed by atoms with E-state index in [1.54, 1.807) is 6.26 Å². The molecule has 0 aromatic carbocycles. The first-order valence-corrected chi connectivity index (χ1v) is 6.20. The molecule has 1 saturated heterocycles. The predicted molar refractivity (Wildman–Crippen MR) is 65.4 cm³/mol. The second kappa shape index (κ2) is 5.51. The van der Waals surface area contributed by atoms with Gasteiger partial charge in [0.1, 0.15) is 5.76 Å². The lowest BCUT2D eigenvalue weighted by atomic mass is 10.0. The number of piperidine rings is 1. The third kappa shape index (κ3) is 3.09. The average Bonchev–Trinajstić information content (AvgIpc) is 2.66. The Hall–Kier alpha value is -0.800. The van der Waals surface area contributed by atoms with Crippen LogP contribution in [0, 0.1) is 6.92 Å². The highest BCUT2D eigenvalue weighted by atomic mass is 16.3. The first-order chi connectivity index (χ1) is 7.75. The van der Waals surface area contributed by atoms with Crippen molar-refractivity contribution in [3.8, 4) is 0 Å². The topological polar surface area (TPSA) is 28.4 Å². The molecular formula is C13H22N2O. The number of likely N-dealkylation sites (N-methyl/N-ethyl adjacent to an activating group) is 1. The van der Waals surface area contributed by atoms with E-state index in [1.807, 2.05) is 6.07 Å². The molecule has 0 aliphatic carbocycles. The minimum atomic E-state index is 0.661. The Bertz CT molecular complexity index is 315. The zero-order valence-electron chi connectivity index (χ0n) is 10.3. The van der Waals surface area contributed by atoms with Crippen LogP contribution in [-0.4, -0.2) is 31.1 Å². The van der Waals surface area contributed by atoms with Crippen LogP contribution in [0.25, 0.3) is 0 Å². The molecule has 1 aromatic rings. The van der Waals surface area contributed by atoms with Gasteiger partial charge in [-0.1, -0.05) is 6.42 Å². The molecule has 0 spiro atoms. The van der Waals surface area contributed by atoms with E-state index in [4.69, 9.17) is 4.42 Å². The highest BCUT2D eigenvalue weighted by Crippen LogP contribution is 2.13.